The largest absolute Gasteiger partial charge is 0.480 e. The number of carbonyl (C=O) groups is 1. The predicted octanol–water partition coefficient (Wildman–Crippen LogP) is 2.17. The molecule has 1 aliphatic rings. The zero-order valence-corrected chi connectivity index (χ0v) is 12.9. The molecule has 0 spiro atoms. The Morgan fingerprint density at radius 1 is 1.25 bits per heavy atom. The number of carboxylic acid groups (broad SMARTS) is 1. The van der Waals surface area contributed by atoms with Crippen LogP contribution in [0.15, 0.2) is 29.2 Å². The molecule has 1 aromatic rings. The van der Waals surface area contributed by atoms with Gasteiger partial charge >= 0.3 is 5.97 Å². The average Bonchev–Trinajstić information content (AvgIpc) is 2.64. The van der Waals surface area contributed by atoms with Crippen LogP contribution in [-0.4, -0.2) is 60.4 Å². The fraction of sp³-hybridized carbons (Fsp3) is 0.533. The molecule has 1 fully saturated rings. The highest BCUT2D eigenvalue weighted by Gasteiger charge is 2.30. The van der Waals surface area contributed by atoms with Crippen molar-refractivity contribution in [1.29, 1.82) is 0 Å². The molecule has 20 heavy (non-hydrogen) atoms. The normalized spacial score (nSPS) is 19.5. The standard InChI is InChI=1S/C15H22N2O2S/c1-16-8-5-9-17(11-10-16)14(15(18)19)12-6-3-4-7-13(12)20-2/h3-4,6-7,14H,5,8-11H2,1-2H3,(H,18,19). The van der Waals surface area contributed by atoms with Crippen molar-refractivity contribution >= 4 is 17.7 Å². The number of nitrogens with zero attached hydrogens (tertiary/aromatic N) is 2. The van der Waals surface area contributed by atoms with E-state index in [1.165, 1.54) is 0 Å². The highest BCUT2D eigenvalue weighted by molar-refractivity contribution is 7.98. The monoisotopic (exact) mass is 294 g/mol. The number of carboxylic acids is 1. The molecule has 0 aliphatic carbocycles. The van der Waals surface area contributed by atoms with Crippen molar-refractivity contribution in [3.05, 3.63) is 29.8 Å². The number of hydrogen-bond acceptors (Lipinski definition) is 4. The second kappa shape index (κ2) is 7.11. The van der Waals surface area contributed by atoms with Crippen LogP contribution in [0.25, 0.3) is 0 Å². The summed E-state index contributed by atoms with van der Waals surface area (Å²) >= 11 is 1.61. The van der Waals surface area contributed by atoms with Crippen LogP contribution in [0.5, 0.6) is 0 Å². The molecule has 5 heteroatoms. The van der Waals surface area contributed by atoms with E-state index in [1.807, 2.05) is 30.5 Å². The van der Waals surface area contributed by atoms with Crippen molar-refractivity contribution in [3.63, 3.8) is 0 Å². The van der Waals surface area contributed by atoms with Gasteiger partial charge in [-0.15, -0.1) is 11.8 Å². The number of thioether (sulfide) groups is 1. The minimum atomic E-state index is -0.754. The summed E-state index contributed by atoms with van der Waals surface area (Å²) in [6, 6.07) is 7.29. The zero-order chi connectivity index (χ0) is 14.5. The number of likely N-dealkylation sites (N-methyl/N-ethyl adjacent to an activating group) is 1. The van der Waals surface area contributed by atoms with Gasteiger partial charge in [0.2, 0.25) is 0 Å². The Labute approximate surface area is 124 Å². The van der Waals surface area contributed by atoms with Crippen molar-refractivity contribution in [2.75, 3.05) is 39.5 Å². The van der Waals surface area contributed by atoms with Gasteiger partial charge in [0.25, 0.3) is 0 Å². The van der Waals surface area contributed by atoms with E-state index in [4.69, 9.17) is 0 Å². The molecule has 1 unspecified atom stereocenters. The van der Waals surface area contributed by atoms with Crippen LogP contribution in [0.3, 0.4) is 0 Å². The fourth-order valence-corrected chi connectivity index (χ4v) is 3.33. The molecule has 0 radical (unpaired) electrons. The highest BCUT2D eigenvalue weighted by atomic mass is 32.2. The van der Waals surface area contributed by atoms with Crippen LogP contribution in [0.1, 0.15) is 18.0 Å². The van der Waals surface area contributed by atoms with Gasteiger partial charge in [-0.25, -0.2) is 0 Å². The Kier molecular flexibility index (Phi) is 5.46. The van der Waals surface area contributed by atoms with Crippen molar-refractivity contribution in [1.82, 2.24) is 9.80 Å². The summed E-state index contributed by atoms with van der Waals surface area (Å²) in [5.74, 6) is -0.754. The zero-order valence-electron chi connectivity index (χ0n) is 12.1. The quantitative estimate of drug-likeness (QED) is 0.862. The SMILES string of the molecule is CSc1ccccc1C(C(=O)O)N1CCCN(C)CC1. The number of benzene rings is 1. The fourth-order valence-electron chi connectivity index (χ4n) is 2.70. The molecule has 0 amide bonds. The molecular formula is C15H22N2O2S. The number of hydrogen-bond donors (Lipinski definition) is 1. The molecule has 0 saturated carbocycles. The predicted molar refractivity (Wildman–Crippen MR) is 82.3 cm³/mol. The third-order valence-electron chi connectivity index (χ3n) is 3.79. The van der Waals surface area contributed by atoms with Crippen LogP contribution >= 0.6 is 11.8 Å². The van der Waals surface area contributed by atoms with Crippen LogP contribution in [0.2, 0.25) is 0 Å². The molecule has 1 N–H and O–H groups in total. The molecule has 2 rings (SSSR count). The molecule has 1 aromatic carbocycles. The summed E-state index contributed by atoms with van der Waals surface area (Å²) < 4.78 is 0. The van der Waals surface area contributed by atoms with E-state index >= 15 is 0 Å². The molecule has 0 aromatic heterocycles. The third-order valence-corrected chi connectivity index (χ3v) is 4.60. The van der Waals surface area contributed by atoms with Gasteiger partial charge in [0, 0.05) is 24.5 Å². The molecule has 1 atom stereocenters. The minimum Gasteiger partial charge on any atom is -0.480 e. The Bertz CT molecular complexity index is 467. The van der Waals surface area contributed by atoms with Crippen molar-refractivity contribution in [3.8, 4) is 0 Å². The molecule has 110 valence electrons. The lowest BCUT2D eigenvalue weighted by molar-refractivity contribution is -0.143. The Morgan fingerprint density at radius 3 is 2.70 bits per heavy atom. The van der Waals surface area contributed by atoms with Crippen molar-refractivity contribution < 1.29 is 9.90 Å². The summed E-state index contributed by atoms with van der Waals surface area (Å²) in [4.78, 5) is 17.2. The van der Waals surface area contributed by atoms with Gasteiger partial charge in [0.1, 0.15) is 6.04 Å². The molecule has 4 nitrogen and oxygen atoms in total. The second-order valence-electron chi connectivity index (χ2n) is 5.18. The summed E-state index contributed by atoms with van der Waals surface area (Å²) in [5, 5.41) is 9.69. The van der Waals surface area contributed by atoms with Crippen LogP contribution < -0.4 is 0 Å². The topological polar surface area (TPSA) is 43.8 Å². The molecule has 1 aliphatic heterocycles. The first-order chi connectivity index (χ1) is 9.63. The van der Waals surface area contributed by atoms with Gasteiger partial charge in [-0.2, -0.15) is 0 Å². The maximum Gasteiger partial charge on any atom is 0.325 e. The summed E-state index contributed by atoms with van der Waals surface area (Å²) in [7, 11) is 2.09. The van der Waals surface area contributed by atoms with Gasteiger partial charge < -0.3 is 10.0 Å². The Balaban J connectivity index is 2.28. The van der Waals surface area contributed by atoms with E-state index in [2.05, 4.69) is 16.8 Å². The number of rotatable bonds is 4. The molecular weight excluding hydrogens is 272 g/mol. The Morgan fingerprint density at radius 2 is 2.00 bits per heavy atom. The van der Waals surface area contributed by atoms with E-state index in [-0.39, 0.29) is 0 Å². The second-order valence-corrected chi connectivity index (χ2v) is 6.02. The van der Waals surface area contributed by atoms with Gasteiger partial charge in [0.05, 0.1) is 0 Å². The Hall–Kier alpha value is -1.04. The molecule has 0 bridgehead atoms. The van der Waals surface area contributed by atoms with Crippen molar-refractivity contribution in [2.45, 2.75) is 17.4 Å². The van der Waals surface area contributed by atoms with E-state index in [0.29, 0.717) is 0 Å². The summed E-state index contributed by atoms with van der Waals surface area (Å²) in [5.41, 5.74) is 0.914. The lowest BCUT2D eigenvalue weighted by Gasteiger charge is -2.28. The maximum atomic E-state index is 11.8. The minimum absolute atomic E-state index is 0.537. The first-order valence-electron chi connectivity index (χ1n) is 6.92. The number of aliphatic carboxylic acids is 1. The highest BCUT2D eigenvalue weighted by Crippen LogP contribution is 2.30. The van der Waals surface area contributed by atoms with Crippen LogP contribution in [0.4, 0.5) is 0 Å². The first-order valence-corrected chi connectivity index (χ1v) is 8.14. The summed E-state index contributed by atoms with van der Waals surface area (Å²) in [6.07, 6.45) is 3.01. The lowest BCUT2D eigenvalue weighted by Crippen LogP contribution is -2.37. The van der Waals surface area contributed by atoms with E-state index < -0.39 is 12.0 Å². The molecule has 1 heterocycles. The smallest absolute Gasteiger partial charge is 0.325 e. The van der Waals surface area contributed by atoms with Gasteiger partial charge in [-0.3, -0.25) is 9.69 Å². The van der Waals surface area contributed by atoms with E-state index in [9.17, 15) is 9.90 Å². The average molecular weight is 294 g/mol. The lowest BCUT2D eigenvalue weighted by atomic mass is 10.0. The van der Waals surface area contributed by atoms with Crippen LogP contribution in [0, 0.1) is 0 Å². The van der Waals surface area contributed by atoms with Gasteiger partial charge in [-0.1, -0.05) is 18.2 Å². The van der Waals surface area contributed by atoms with Crippen molar-refractivity contribution in [2.24, 2.45) is 0 Å². The molecule has 1 saturated heterocycles. The summed E-state index contributed by atoms with van der Waals surface area (Å²) in [6.45, 7) is 3.60. The maximum absolute atomic E-state index is 11.8. The first kappa shape index (κ1) is 15.4. The van der Waals surface area contributed by atoms with Crippen LogP contribution in [-0.2, 0) is 4.79 Å². The van der Waals surface area contributed by atoms with Gasteiger partial charge in [-0.05, 0) is 37.9 Å². The van der Waals surface area contributed by atoms with E-state index in [0.717, 1.165) is 43.1 Å². The van der Waals surface area contributed by atoms with E-state index in [1.54, 1.807) is 11.8 Å². The van der Waals surface area contributed by atoms with Gasteiger partial charge in [0.15, 0.2) is 0 Å². The third kappa shape index (κ3) is 3.53.